The van der Waals surface area contributed by atoms with Gasteiger partial charge in [-0.15, -0.1) is 0 Å². The number of carboxylic acids is 1. The van der Waals surface area contributed by atoms with Crippen LogP contribution in [-0.4, -0.2) is 24.2 Å². The third-order valence-electron chi connectivity index (χ3n) is 3.54. The Morgan fingerprint density at radius 1 is 1.00 bits per heavy atom. The molecule has 0 bridgehead atoms. The van der Waals surface area contributed by atoms with Gasteiger partial charge in [0.2, 0.25) is 0 Å². The van der Waals surface area contributed by atoms with Gasteiger partial charge in [0.1, 0.15) is 0 Å². The molecular weight excluding hydrogens is 238 g/mol. The molecule has 112 valence electrons. The Hall–Kier alpha value is -0.830. The number of hydrogen-bond donors (Lipinski definition) is 2. The summed E-state index contributed by atoms with van der Waals surface area (Å²) in [7, 11) is 0. The zero-order valence-electron chi connectivity index (χ0n) is 12.9. The van der Waals surface area contributed by atoms with Crippen molar-refractivity contribution in [3.63, 3.8) is 0 Å². The minimum Gasteiger partial charge on any atom is -0.478 e. The van der Waals surface area contributed by atoms with Crippen LogP contribution in [0.15, 0.2) is 11.1 Å². The summed E-state index contributed by atoms with van der Waals surface area (Å²) < 4.78 is 0. The van der Waals surface area contributed by atoms with E-state index in [2.05, 4.69) is 19.2 Å². The van der Waals surface area contributed by atoms with Crippen molar-refractivity contribution in [2.45, 2.75) is 72.1 Å². The van der Waals surface area contributed by atoms with Crippen molar-refractivity contribution in [3.8, 4) is 0 Å². The standard InChI is InChI=1S/C16H31NO2/c1-4-6-7-8-9-10-11-15(12-13-17-5-2)14(3)16(18)19/h17H,4-13H2,1-3H3,(H,18,19). The molecule has 0 aromatic carbocycles. The second-order valence-electron chi connectivity index (χ2n) is 5.16. The summed E-state index contributed by atoms with van der Waals surface area (Å²) in [6.45, 7) is 7.85. The topological polar surface area (TPSA) is 49.3 Å². The fourth-order valence-corrected chi connectivity index (χ4v) is 2.19. The molecule has 0 aliphatic carbocycles. The number of rotatable bonds is 12. The van der Waals surface area contributed by atoms with E-state index in [0.717, 1.165) is 37.9 Å². The molecule has 3 heteroatoms. The van der Waals surface area contributed by atoms with Gasteiger partial charge < -0.3 is 10.4 Å². The zero-order valence-corrected chi connectivity index (χ0v) is 12.9. The maximum absolute atomic E-state index is 11.1. The SMILES string of the molecule is CCCCCCCCC(CCNCC)=C(C)C(=O)O. The van der Waals surface area contributed by atoms with E-state index in [1.165, 1.54) is 32.1 Å². The zero-order chi connectivity index (χ0) is 14.5. The van der Waals surface area contributed by atoms with Gasteiger partial charge in [0.15, 0.2) is 0 Å². The highest BCUT2D eigenvalue weighted by Crippen LogP contribution is 2.18. The Balaban J connectivity index is 4.06. The van der Waals surface area contributed by atoms with E-state index >= 15 is 0 Å². The number of carboxylic acid groups (broad SMARTS) is 1. The van der Waals surface area contributed by atoms with E-state index in [9.17, 15) is 4.79 Å². The van der Waals surface area contributed by atoms with Crippen LogP contribution in [-0.2, 0) is 4.79 Å². The first-order valence-corrected chi connectivity index (χ1v) is 7.76. The summed E-state index contributed by atoms with van der Waals surface area (Å²) in [5.74, 6) is -0.766. The van der Waals surface area contributed by atoms with Crippen molar-refractivity contribution >= 4 is 5.97 Å². The Kier molecular flexibility index (Phi) is 11.7. The van der Waals surface area contributed by atoms with Crippen LogP contribution in [0, 0.1) is 0 Å². The van der Waals surface area contributed by atoms with Gasteiger partial charge in [-0.3, -0.25) is 0 Å². The smallest absolute Gasteiger partial charge is 0.331 e. The number of unbranched alkanes of at least 4 members (excludes halogenated alkanes) is 5. The van der Waals surface area contributed by atoms with Gasteiger partial charge in [0.25, 0.3) is 0 Å². The van der Waals surface area contributed by atoms with E-state index in [0.29, 0.717) is 5.57 Å². The molecule has 0 fully saturated rings. The summed E-state index contributed by atoms with van der Waals surface area (Å²) in [6, 6.07) is 0. The molecule has 0 amide bonds. The molecule has 0 atom stereocenters. The fourth-order valence-electron chi connectivity index (χ4n) is 2.19. The summed E-state index contributed by atoms with van der Waals surface area (Å²) in [5, 5.41) is 12.4. The summed E-state index contributed by atoms with van der Waals surface area (Å²) in [4.78, 5) is 11.1. The summed E-state index contributed by atoms with van der Waals surface area (Å²) >= 11 is 0. The Morgan fingerprint density at radius 2 is 1.63 bits per heavy atom. The fraction of sp³-hybridized carbons (Fsp3) is 0.812. The molecule has 0 spiro atoms. The Bertz CT molecular complexity index is 272. The molecule has 0 radical (unpaired) electrons. The molecule has 0 aromatic rings. The number of aliphatic carboxylic acids is 1. The van der Waals surface area contributed by atoms with Crippen LogP contribution >= 0.6 is 0 Å². The molecule has 19 heavy (non-hydrogen) atoms. The molecule has 0 unspecified atom stereocenters. The van der Waals surface area contributed by atoms with Crippen LogP contribution in [0.25, 0.3) is 0 Å². The highest BCUT2D eigenvalue weighted by atomic mass is 16.4. The maximum Gasteiger partial charge on any atom is 0.331 e. The van der Waals surface area contributed by atoms with Crippen molar-refractivity contribution in [2.24, 2.45) is 0 Å². The quantitative estimate of drug-likeness (QED) is 0.413. The van der Waals surface area contributed by atoms with Crippen LogP contribution in [0.2, 0.25) is 0 Å². The first-order valence-electron chi connectivity index (χ1n) is 7.76. The highest BCUT2D eigenvalue weighted by molar-refractivity contribution is 5.86. The molecule has 2 N–H and O–H groups in total. The largest absolute Gasteiger partial charge is 0.478 e. The predicted molar refractivity (Wildman–Crippen MR) is 81.5 cm³/mol. The average molecular weight is 269 g/mol. The minimum atomic E-state index is -0.766. The predicted octanol–water partition coefficient (Wildman–Crippen LogP) is 4.14. The number of nitrogens with one attached hydrogen (secondary N) is 1. The molecule has 0 rings (SSSR count). The lowest BCUT2D eigenvalue weighted by Crippen LogP contribution is -2.15. The van der Waals surface area contributed by atoms with Crippen LogP contribution in [0.4, 0.5) is 0 Å². The normalized spacial score (nSPS) is 12.4. The molecule has 0 heterocycles. The van der Waals surface area contributed by atoms with Gasteiger partial charge in [0, 0.05) is 5.57 Å². The second-order valence-corrected chi connectivity index (χ2v) is 5.16. The van der Waals surface area contributed by atoms with Gasteiger partial charge in [-0.2, -0.15) is 0 Å². The van der Waals surface area contributed by atoms with E-state index < -0.39 is 5.97 Å². The van der Waals surface area contributed by atoms with E-state index in [1.807, 2.05) is 0 Å². The van der Waals surface area contributed by atoms with Crippen LogP contribution in [0.1, 0.15) is 72.1 Å². The van der Waals surface area contributed by atoms with Gasteiger partial charge in [-0.1, -0.05) is 51.5 Å². The molecule has 0 saturated carbocycles. The van der Waals surface area contributed by atoms with Crippen LogP contribution in [0.5, 0.6) is 0 Å². The number of carbonyl (C=O) groups is 1. The van der Waals surface area contributed by atoms with Gasteiger partial charge in [-0.25, -0.2) is 4.79 Å². The van der Waals surface area contributed by atoms with Crippen molar-refractivity contribution in [2.75, 3.05) is 13.1 Å². The third-order valence-corrected chi connectivity index (χ3v) is 3.54. The lowest BCUT2D eigenvalue weighted by atomic mass is 9.98. The first kappa shape index (κ1) is 18.2. The average Bonchev–Trinajstić information content (AvgIpc) is 2.39. The molecule has 0 aromatic heterocycles. The molecular formula is C16H31NO2. The van der Waals surface area contributed by atoms with Crippen LogP contribution in [0.3, 0.4) is 0 Å². The van der Waals surface area contributed by atoms with Gasteiger partial charge >= 0.3 is 5.97 Å². The van der Waals surface area contributed by atoms with Crippen molar-refractivity contribution in [1.82, 2.24) is 5.32 Å². The molecule has 3 nitrogen and oxygen atoms in total. The van der Waals surface area contributed by atoms with Gasteiger partial charge in [0.05, 0.1) is 0 Å². The number of hydrogen-bond acceptors (Lipinski definition) is 2. The Morgan fingerprint density at radius 3 is 2.21 bits per heavy atom. The molecule has 0 aliphatic rings. The monoisotopic (exact) mass is 269 g/mol. The minimum absolute atomic E-state index is 0.548. The van der Waals surface area contributed by atoms with Crippen molar-refractivity contribution in [1.29, 1.82) is 0 Å². The molecule has 0 saturated heterocycles. The van der Waals surface area contributed by atoms with E-state index in [1.54, 1.807) is 6.92 Å². The Labute approximate surface area is 118 Å². The van der Waals surface area contributed by atoms with E-state index in [-0.39, 0.29) is 0 Å². The summed E-state index contributed by atoms with van der Waals surface area (Å²) in [5.41, 5.74) is 1.66. The lowest BCUT2D eigenvalue weighted by Gasteiger charge is -2.10. The first-order chi connectivity index (χ1) is 9.13. The summed E-state index contributed by atoms with van der Waals surface area (Å²) in [6.07, 6.45) is 9.32. The van der Waals surface area contributed by atoms with Gasteiger partial charge in [-0.05, 0) is 39.3 Å². The third kappa shape index (κ3) is 9.71. The van der Waals surface area contributed by atoms with E-state index in [4.69, 9.17) is 5.11 Å². The highest BCUT2D eigenvalue weighted by Gasteiger charge is 2.08. The maximum atomic E-state index is 11.1. The van der Waals surface area contributed by atoms with Crippen LogP contribution < -0.4 is 5.32 Å². The second kappa shape index (κ2) is 12.2. The van der Waals surface area contributed by atoms with Crippen molar-refractivity contribution < 1.29 is 9.90 Å². The molecule has 0 aliphatic heterocycles. The van der Waals surface area contributed by atoms with Crippen molar-refractivity contribution in [3.05, 3.63) is 11.1 Å². The lowest BCUT2D eigenvalue weighted by molar-refractivity contribution is -0.132.